The van der Waals surface area contributed by atoms with Gasteiger partial charge < -0.3 is 9.73 Å². The summed E-state index contributed by atoms with van der Waals surface area (Å²) in [4.78, 5) is 0. The van der Waals surface area contributed by atoms with Gasteiger partial charge in [-0.3, -0.25) is 0 Å². The molecule has 0 saturated heterocycles. The highest BCUT2D eigenvalue weighted by molar-refractivity contribution is 14.1. The Bertz CT molecular complexity index is 507. The normalized spacial score (nSPS) is 12.6. The second-order valence-electron chi connectivity index (χ2n) is 4.39. The molecule has 0 spiro atoms. The van der Waals surface area contributed by atoms with Crippen LogP contribution in [0.15, 0.2) is 40.8 Å². The van der Waals surface area contributed by atoms with E-state index in [0.29, 0.717) is 0 Å². The zero-order valence-electron chi connectivity index (χ0n) is 10.7. The van der Waals surface area contributed by atoms with Gasteiger partial charge in [0.1, 0.15) is 11.5 Å². The molecule has 0 amide bonds. The quantitative estimate of drug-likeness (QED) is 0.810. The van der Waals surface area contributed by atoms with Crippen LogP contribution in [-0.2, 0) is 0 Å². The van der Waals surface area contributed by atoms with Crippen molar-refractivity contribution in [1.29, 1.82) is 0 Å². The average Bonchev–Trinajstić information content (AvgIpc) is 2.76. The van der Waals surface area contributed by atoms with Gasteiger partial charge in [0.15, 0.2) is 0 Å². The molecule has 0 saturated carbocycles. The van der Waals surface area contributed by atoms with E-state index in [4.69, 9.17) is 4.42 Å². The molecule has 1 aromatic carbocycles. The number of benzene rings is 1. The van der Waals surface area contributed by atoms with Crippen molar-refractivity contribution in [1.82, 2.24) is 5.32 Å². The molecular weight excluding hydrogens is 337 g/mol. The number of hydrogen-bond acceptors (Lipinski definition) is 2. The minimum absolute atomic E-state index is 0.147. The molecule has 1 unspecified atom stereocenters. The van der Waals surface area contributed by atoms with Gasteiger partial charge in [-0.05, 0) is 72.3 Å². The predicted molar refractivity (Wildman–Crippen MR) is 82.7 cm³/mol. The van der Waals surface area contributed by atoms with Crippen molar-refractivity contribution in [3.8, 4) is 0 Å². The number of furan rings is 1. The van der Waals surface area contributed by atoms with Crippen LogP contribution in [0.2, 0.25) is 0 Å². The fraction of sp³-hybridized carbons (Fsp3) is 0.333. The molecule has 0 radical (unpaired) electrons. The first-order chi connectivity index (χ1) is 8.70. The molecule has 1 N–H and O–H groups in total. The van der Waals surface area contributed by atoms with Gasteiger partial charge in [0.2, 0.25) is 0 Å². The van der Waals surface area contributed by atoms with Gasteiger partial charge in [0.25, 0.3) is 0 Å². The van der Waals surface area contributed by atoms with Gasteiger partial charge >= 0.3 is 0 Å². The van der Waals surface area contributed by atoms with E-state index in [1.807, 2.05) is 13.0 Å². The van der Waals surface area contributed by atoms with Gasteiger partial charge in [0, 0.05) is 3.57 Å². The number of nitrogens with one attached hydrogen (secondary N) is 1. The molecule has 2 rings (SSSR count). The molecule has 0 aliphatic rings. The first-order valence-corrected chi connectivity index (χ1v) is 7.33. The van der Waals surface area contributed by atoms with Crippen LogP contribution in [0, 0.1) is 10.5 Å². The molecule has 0 bridgehead atoms. The van der Waals surface area contributed by atoms with E-state index in [-0.39, 0.29) is 6.04 Å². The highest BCUT2D eigenvalue weighted by Gasteiger charge is 2.16. The van der Waals surface area contributed by atoms with Gasteiger partial charge in [0.05, 0.1) is 6.04 Å². The van der Waals surface area contributed by atoms with E-state index in [2.05, 4.69) is 65.2 Å². The Labute approximate surface area is 122 Å². The number of hydrogen-bond donors (Lipinski definition) is 1. The third kappa shape index (κ3) is 3.36. The minimum atomic E-state index is 0.147. The van der Waals surface area contributed by atoms with E-state index in [0.717, 1.165) is 24.5 Å². The zero-order valence-corrected chi connectivity index (χ0v) is 12.9. The zero-order chi connectivity index (χ0) is 13.0. The summed E-state index contributed by atoms with van der Waals surface area (Å²) >= 11 is 2.34. The lowest BCUT2D eigenvalue weighted by Gasteiger charge is -2.17. The molecule has 2 aromatic rings. The Morgan fingerprint density at radius 2 is 2.11 bits per heavy atom. The Morgan fingerprint density at radius 3 is 2.72 bits per heavy atom. The molecular formula is C15H18INO. The van der Waals surface area contributed by atoms with Crippen LogP contribution in [0.1, 0.15) is 36.5 Å². The average molecular weight is 355 g/mol. The SMILES string of the molecule is CCCNC(c1cccc(I)c1)c1ccc(C)o1. The van der Waals surface area contributed by atoms with Gasteiger partial charge in [-0.1, -0.05) is 19.1 Å². The highest BCUT2D eigenvalue weighted by Crippen LogP contribution is 2.25. The minimum Gasteiger partial charge on any atom is -0.464 e. The number of aryl methyl sites for hydroxylation is 1. The number of halogens is 1. The summed E-state index contributed by atoms with van der Waals surface area (Å²) in [5.41, 5.74) is 1.25. The fourth-order valence-corrected chi connectivity index (χ4v) is 2.53. The van der Waals surface area contributed by atoms with Crippen LogP contribution in [-0.4, -0.2) is 6.54 Å². The topological polar surface area (TPSA) is 25.2 Å². The molecule has 18 heavy (non-hydrogen) atoms. The summed E-state index contributed by atoms with van der Waals surface area (Å²) in [5.74, 6) is 1.95. The summed E-state index contributed by atoms with van der Waals surface area (Å²) < 4.78 is 7.02. The van der Waals surface area contributed by atoms with Crippen LogP contribution in [0.5, 0.6) is 0 Å². The molecule has 1 heterocycles. The van der Waals surface area contributed by atoms with E-state index in [1.54, 1.807) is 0 Å². The molecule has 0 aliphatic carbocycles. The van der Waals surface area contributed by atoms with Gasteiger partial charge in [-0.2, -0.15) is 0 Å². The Hall–Kier alpha value is -0.810. The smallest absolute Gasteiger partial charge is 0.125 e. The first-order valence-electron chi connectivity index (χ1n) is 6.26. The summed E-state index contributed by atoms with van der Waals surface area (Å²) in [6, 6.07) is 12.8. The second kappa shape index (κ2) is 6.38. The van der Waals surface area contributed by atoms with Crippen LogP contribution in [0.4, 0.5) is 0 Å². The fourth-order valence-electron chi connectivity index (χ4n) is 1.97. The van der Waals surface area contributed by atoms with E-state index >= 15 is 0 Å². The van der Waals surface area contributed by atoms with Crippen LogP contribution in [0.25, 0.3) is 0 Å². The molecule has 0 aliphatic heterocycles. The Balaban J connectivity index is 2.30. The molecule has 96 valence electrons. The van der Waals surface area contributed by atoms with Crippen molar-refractivity contribution in [3.63, 3.8) is 0 Å². The van der Waals surface area contributed by atoms with Crippen LogP contribution >= 0.6 is 22.6 Å². The van der Waals surface area contributed by atoms with Gasteiger partial charge in [-0.15, -0.1) is 0 Å². The van der Waals surface area contributed by atoms with E-state index in [1.165, 1.54) is 9.13 Å². The van der Waals surface area contributed by atoms with E-state index < -0.39 is 0 Å². The summed E-state index contributed by atoms with van der Waals surface area (Å²) in [5, 5.41) is 3.55. The standard InChI is InChI=1S/C15H18INO/c1-3-9-17-15(14-8-7-11(2)18-14)12-5-4-6-13(16)10-12/h4-8,10,15,17H,3,9H2,1-2H3. The van der Waals surface area contributed by atoms with Crippen molar-refractivity contribution < 1.29 is 4.42 Å². The molecule has 0 fully saturated rings. The maximum absolute atomic E-state index is 5.77. The van der Waals surface area contributed by atoms with Gasteiger partial charge in [-0.25, -0.2) is 0 Å². The lowest BCUT2D eigenvalue weighted by Crippen LogP contribution is -2.22. The van der Waals surface area contributed by atoms with Crippen molar-refractivity contribution in [2.24, 2.45) is 0 Å². The number of rotatable bonds is 5. The third-order valence-electron chi connectivity index (χ3n) is 2.83. The molecule has 2 nitrogen and oxygen atoms in total. The highest BCUT2D eigenvalue weighted by atomic mass is 127. The Morgan fingerprint density at radius 1 is 1.28 bits per heavy atom. The maximum atomic E-state index is 5.77. The van der Waals surface area contributed by atoms with E-state index in [9.17, 15) is 0 Å². The lowest BCUT2D eigenvalue weighted by molar-refractivity contribution is 0.430. The maximum Gasteiger partial charge on any atom is 0.125 e. The Kier molecular flexibility index (Phi) is 4.83. The summed E-state index contributed by atoms with van der Waals surface area (Å²) in [6.07, 6.45) is 1.11. The molecule has 3 heteroatoms. The third-order valence-corrected chi connectivity index (χ3v) is 3.50. The lowest BCUT2D eigenvalue weighted by atomic mass is 10.0. The first kappa shape index (κ1) is 13.6. The molecule has 1 aromatic heterocycles. The largest absolute Gasteiger partial charge is 0.464 e. The summed E-state index contributed by atoms with van der Waals surface area (Å²) in [6.45, 7) is 5.14. The summed E-state index contributed by atoms with van der Waals surface area (Å²) in [7, 11) is 0. The van der Waals surface area contributed by atoms with Crippen LogP contribution < -0.4 is 5.32 Å². The van der Waals surface area contributed by atoms with Crippen molar-refractivity contribution >= 4 is 22.6 Å². The predicted octanol–water partition coefficient (Wildman–Crippen LogP) is 4.28. The van der Waals surface area contributed by atoms with Crippen molar-refractivity contribution in [2.45, 2.75) is 26.3 Å². The molecule has 1 atom stereocenters. The van der Waals surface area contributed by atoms with Crippen LogP contribution in [0.3, 0.4) is 0 Å². The van der Waals surface area contributed by atoms with Crippen molar-refractivity contribution in [3.05, 3.63) is 57.1 Å². The van der Waals surface area contributed by atoms with Crippen molar-refractivity contribution in [2.75, 3.05) is 6.54 Å². The second-order valence-corrected chi connectivity index (χ2v) is 5.64. The monoisotopic (exact) mass is 355 g/mol.